The van der Waals surface area contributed by atoms with Gasteiger partial charge in [-0.25, -0.2) is 10.2 Å². The summed E-state index contributed by atoms with van der Waals surface area (Å²) in [7, 11) is 0. The van der Waals surface area contributed by atoms with Crippen molar-refractivity contribution < 1.29 is 4.79 Å². The summed E-state index contributed by atoms with van der Waals surface area (Å²) in [5, 5.41) is 3.84. The van der Waals surface area contributed by atoms with E-state index < -0.39 is 6.03 Å². The van der Waals surface area contributed by atoms with E-state index in [1.165, 1.54) is 43.5 Å². The molecule has 0 bridgehead atoms. The van der Waals surface area contributed by atoms with Crippen molar-refractivity contribution >= 4 is 12.2 Å². The number of nitrogens with two attached hydrogens (primary N) is 1. The molecule has 0 aliphatic heterocycles. The molecule has 1 aromatic rings. The van der Waals surface area contributed by atoms with Gasteiger partial charge < -0.3 is 10.3 Å². The molecule has 0 saturated heterocycles. The molecular formula is C14H22N4O. The normalized spacial score (nSPS) is 16.9. The molecule has 19 heavy (non-hydrogen) atoms. The smallest absolute Gasteiger partial charge is 0.332 e. The van der Waals surface area contributed by atoms with E-state index in [1.54, 1.807) is 6.21 Å². The molecule has 0 atom stereocenters. The van der Waals surface area contributed by atoms with Crippen LogP contribution in [0.2, 0.25) is 0 Å². The Morgan fingerprint density at radius 1 is 1.42 bits per heavy atom. The first kappa shape index (κ1) is 13.6. The third-order valence-electron chi connectivity index (χ3n) is 3.84. The molecule has 1 aliphatic rings. The minimum absolute atomic E-state index is 0.611. The van der Waals surface area contributed by atoms with Crippen molar-refractivity contribution in [1.82, 2.24) is 9.99 Å². The lowest BCUT2D eigenvalue weighted by Gasteiger charge is -2.26. The van der Waals surface area contributed by atoms with Crippen LogP contribution in [0.15, 0.2) is 11.2 Å². The van der Waals surface area contributed by atoms with Crippen LogP contribution in [0.5, 0.6) is 0 Å². The lowest BCUT2D eigenvalue weighted by Crippen LogP contribution is -2.24. The van der Waals surface area contributed by atoms with E-state index in [1.807, 2.05) is 0 Å². The van der Waals surface area contributed by atoms with Crippen LogP contribution >= 0.6 is 0 Å². The zero-order chi connectivity index (χ0) is 13.8. The lowest BCUT2D eigenvalue weighted by atomic mass is 9.95. The number of nitrogens with zero attached hydrogens (tertiary/aromatic N) is 2. The van der Waals surface area contributed by atoms with Crippen LogP contribution in [0.25, 0.3) is 0 Å². The van der Waals surface area contributed by atoms with E-state index in [9.17, 15) is 4.79 Å². The van der Waals surface area contributed by atoms with Gasteiger partial charge >= 0.3 is 6.03 Å². The van der Waals surface area contributed by atoms with Crippen LogP contribution in [-0.2, 0) is 0 Å². The van der Waals surface area contributed by atoms with E-state index in [-0.39, 0.29) is 0 Å². The molecule has 104 valence electrons. The predicted octanol–water partition coefficient (Wildman–Crippen LogP) is 2.61. The maximum Gasteiger partial charge on any atom is 0.332 e. The molecule has 1 saturated carbocycles. The van der Waals surface area contributed by atoms with Crippen LogP contribution in [0.3, 0.4) is 0 Å². The average molecular weight is 262 g/mol. The number of carbonyl (C=O) groups is 1. The van der Waals surface area contributed by atoms with Crippen LogP contribution in [-0.4, -0.2) is 16.8 Å². The minimum Gasteiger partial charge on any atom is -0.350 e. The van der Waals surface area contributed by atoms with E-state index in [0.717, 1.165) is 5.56 Å². The standard InChI is InChI=1S/C14H22N4O/c1-10-8-12(9-16-17-14(15)19)11(2)18(10)13-6-4-3-5-7-13/h8-9,13H,3-7H2,1-2H3,(H3,15,17,19)/b16-9-. The Kier molecular flexibility index (Phi) is 4.24. The molecule has 0 unspecified atom stereocenters. The fourth-order valence-corrected chi connectivity index (χ4v) is 3.00. The number of hydrogen-bond acceptors (Lipinski definition) is 2. The van der Waals surface area contributed by atoms with Gasteiger partial charge in [-0.1, -0.05) is 19.3 Å². The zero-order valence-electron chi connectivity index (χ0n) is 11.6. The van der Waals surface area contributed by atoms with Gasteiger partial charge in [0.1, 0.15) is 0 Å². The molecule has 0 aromatic carbocycles. The van der Waals surface area contributed by atoms with Gasteiger partial charge in [0.2, 0.25) is 0 Å². The summed E-state index contributed by atoms with van der Waals surface area (Å²) in [6.07, 6.45) is 8.15. The van der Waals surface area contributed by atoms with E-state index in [2.05, 4.69) is 35.0 Å². The van der Waals surface area contributed by atoms with Crippen LogP contribution in [0.1, 0.15) is 55.1 Å². The summed E-state index contributed by atoms with van der Waals surface area (Å²) in [6, 6.07) is 2.08. The summed E-state index contributed by atoms with van der Waals surface area (Å²) in [5.74, 6) is 0. The van der Waals surface area contributed by atoms with Gasteiger partial charge in [0.15, 0.2) is 0 Å². The van der Waals surface area contributed by atoms with Crippen molar-refractivity contribution in [2.24, 2.45) is 10.8 Å². The van der Waals surface area contributed by atoms with E-state index >= 15 is 0 Å². The molecule has 1 fully saturated rings. The Labute approximate surface area is 113 Å². The van der Waals surface area contributed by atoms with Gasteiger partial charge in [-0.2, -0.15) is 5.10 Å². The average Bonchev–Trinajstić information content (AvgIpc) is 2.65. The molecule has 2 amide bonds. The fourth-order valence-electron chi connectivity index (χ4n) is 3.00. The first-order valence-corrected chi connectivity index (χ1v) is 6.86. The van der Waals surface area contributed by atoms with Gasteiger partial charge in [0.25, 0.3) is 0 Å². The lowest BCUT2D eigenvalue weighted by molar-refractivity contribution is 0.249. The highest BCUT2D eigenvalue weighted by atomic mass is 16.2. The second kappa shape index (κ2) is 5.91. The van der Waals surface area contributed by atoms with Gasteiger partial charge in [0.05, 0.1) is 6.21 Å². The molecule has 5 nitrogen and oxygen atoms in total. The van der Waals surface area contributed by atoms with Gasteiger partial charge in [0, 0.05) is 23.0 Å². The van der Waals surface area contributed by atoms with Crippen LogP contribution in [0, 0.1) is 13.8 Å². The largest absolute Gasteiger partial charge is 0.350 e. The number of carbonyl (C=O) groups excluding carboxylic acids is 1. The summed E-state index contributed by atoms with van der Waals surface area (Å²) in [5.41, 5.74) is 10.7. The highest BCUT2D eigenvalue weighted by molar-refractivity contribution is 5.83. The number of urea groups is 1. The number of hydrogen-bond donors (Lipinski definition) is 2. The predicted molar refractivity (Wildman–Crippen MR) is 76.3 cm³/mol. The SMILES string of the molecule is Cc1cc(/C=N\NC(N)=O)c(C)n1C1CCCCC1. The van der Waals surface area contributed by atoms with Gasteiger partial charge in [-0.15, -0.1) is 0 Å². The Balaban J connectivity index is 2.18. The Morgan fingerprint density at radius 2 is 2.11 bits per heavy atom. The Bertz CT molecular complexity index is 484. The number of nitrogens with one attached hydrogen (secondary N) is 1. The number of amides is 2. The van der Waals surface area contributed by atoms with Crippen LogP contribution in [0.4, 0.5) is 4.79 Å². The summed E-state index contributed by atoms with van der Waals surface area (Å²) >= 11 is 0. The number of hydrazone groups is 1. The summed E-state index contributed by atoms with van der Waals surface area (Å²) in [4.78, 5) is 10.6. The minimum atomic E-state index is -0.641. The first-order chi connectivity index (χ1) is 9.09. The second-order valence-corrected chi connectivity index (χ2v) is 5.22. The maximum absolute atomic E-state index is 10.6. The van der Waals surface area contributed by atoms with E-state index in [4.69, 9.17) is 5.73 Å². The van der Waals surface area contributed by atoms with Gasteiger partial charge in [-0.05, 0) is 32.8 Å². The highest BCUT2D eigenvalue weighted by Gasteiger charge is 2.19. The first-order valence-electron chi connectivity index (χ1n) is 6.86. The second-order valence-electron chi connectivity index (χ2n) is 5.22. The third-order valence-corrected chi connectivity index (χ3v) is 3.84. The Morgan fingerprint density at radius 3 is 2.74 bits per heavy atom. The van der Waals surface area contributed by atoms with Crippen molar-refractivity contribution in [2.45, 2.75) is 52.0 Å². The Hall–Kier alpha value is -1.78. The molecule has 5 heteroatoms. The molecule has 1 heterocycles. The molecule has 0 radical (unpaired) electrons. The topological polar surface area (TPSA) is 72.4 Å². The quantitative estimate of drug-likeness (QED) is 0.638. The summed E-state index contributed by atoms with van der Waals surface area (Å²) < 4.78 is 2.41. The highest BCUT2D eigenvalue weighted by Crippen LogP contribution is 2.31. The molecule has 2 rings (SSSR count). The number of rotatable bonds is 3. The van der Waals surface area contributed by atoms with Crippen molar-refractivity contribution in [3.63, 3.8) is 0 Å². The number of aromatic nitrogens is 1. The number of primary amides is 1. The molecular weight excluding hydrogens is 240 g/mol. The maximum atomic E-state index is 10.6. The van der Waals surface area contributed by atoms with E-state index in [0.29, 0.717) is 6.04 Å². The van der Waals surface area contributed by atoms with Crippen molar-refractivity contribution in [3.05, 3.63) is 23.0 Å². The third kappa shape index (κ3) is 3.16. The van der Waals surface area contributed by atoms with Crippen molar-refractivity contribution in [3.8, 4) is 0 Å². The van der Waals surface area contributed by atoms with Crippen LogP contribution < -0.4 is 11.2 Å². The van der Waals surface area contributed by atoms with Crippen molar-refractivity contribution in [2.75, 3.05) is 0 Å². The molecule has 0 spiro atoms. The molecule has 1 aromatic heterocycles. The van der Waals surface area contributed by atoms with Gasteiger partial charge in [-0.3, -0.25) is 0 Å². The molecule has 3 N–H and O–H groups in total. The fraction of sp³-hybridized carbons (Fsp3) is 0.571. The monoisotopic (exact) mass is 262 g/mol. The zero-order valence-corrected chi connectivity index (χ0v) is 11.6. The number of aryl methyl sites for hydroxylation is 1. The summed E-state index contributed by atoms with van der Waals surface area (Å²) in [6.45, 7) is 4.23. The van der Waals surface area contributed by atoms with Crippen molar-refractivity contribution in [1.29, 1.82) is 0 Å². The molecule has 1 aliphatic carbocycles.